The van der Waals surface area contributed by atoms with Crippen molar-refractivity contribution in [3.8, 4) is 101 Å². The molecule has 10 aliphatic heterocycles. The highest BCUT2D eigenvalue weighted by atomic mass is 28.4. The van der Waals surface area contributed by atoms with Crippen molar-refractivity contribution >= 4 is 40.4 Å². The average molecular weight is 1460 g/mol. The lowest BCUT2D eigenvalue weighted by molar-refractivity contribution is 0.287. The van der Waals surface area contributed by atoms with Crippen LogP contribution >= 0.6 is 0 Å². The van der Waals surface area contributed by atoms with Crippen LogP contribution in [0, 0.1) is 0 Å². The fourth-order valence-corrected chi connectivity index (χ4v) is 17.5. The van der Waals surface area contributed by atoms with Crippen molar-refractivity contribution in [2.45, 2.75) is 166 Å². The van der Waals surface area contributed by atoms with Crippen molar-refractivity contribution in [1.82, 2.24) is 0 Å². The smallest absolute Gasteiger partial charge is 0.250 e. The second kappa shape index (κ2) is 30.9. The van der Waals surface area contributed by atoms with Crippen LogP contribution in [0.2, 0.25) is 36.3 Å². The van der Waals surface area contributed by atoms with E-state index in [9.17, 15) is 0 Å². The molecule has 0 saturated heterocycles. The van der Waals surface area contributed by atoms with E-state index in [2.05, 4.69) is 323 Å². The van der Waals surface area contributed by atoms with Crippen LogP contribution in [0.25, 0.3) is 66.8 Å². The molecular formula is C98H104N2O6Si2. The zero-order valence-electron chi connectivity index (χ0n) is 64.9. The lowest BCUT2D eigenvalue weighted by Crippen LogP contribution is -2.43. The number of rotatable bonds is 8. The molecule has 0 spiro atoms. The summed E-state index contributed by atoms with van der Waals surface area (Å²) < 4.78 is 39.3. The van der Waals surface area contributed by atoms with Gasteiger partial charge in [-0.1, -0.05) is 211 Å². The first-order chi connectivity index (χ1) is 52.1. The normalized spacial score (nSPS) is 17.8. The molecule has 0 amide bonds. The molecule has 23 rings (SSSR count). The van der Waals surface area contributed by atoms with Gasteiger partial charge in [-0.2, -0.15) is 0 Å². The van der Waals surface area contributed by atoms with Crippen LogP contribution in [-0.4, -0.2) is 55.5 Å². The summed E-state index contributed by atoms with van der Waals surface area (Å²) in [6.45, 7) is 25.6. The third kappa shape index (κ3) is 16.1. The van der Waals surface area contributed by atoms with Gasteiger partial charge in [-0.05, 0) is 264 Å². The molecule has 12 aliphatic rings. The number of hydrogen-bond donors (Lipinski definition) is 0. The van der Waals surface area contributed by atoms with Crippen molar-refractivity contribution in [2.24, 2.45) is 9.98 Å². The summed E-state index contributed by atoms with van der Waals surface area (Å²) in [5.41, 5.74) is 21.8. The maximum absolute atomic E-state index is 6.76. The highest BCUT2D eigenvalue weighted by Crippen LogP contribution is 2.50. The quantitative estimate of drug-likeness (QED) is 0.141. The van der Waals surface area contributed by atoms with Gasteiger partial charge in [0.05, 0.1) is 37.8 Å². The Bertz CT molecular complexity index is 4520. The molecule has 16 bridgehead atoms. The SMILES string of the molecule is CC(C)(C)[Si](C)(C)Oc1ccc(-c2ccc(C34C=Nc5c6cccc5-c5ccc(cc5)OCCCCCCOc5ccc(cc5)-c5cccc(c5N=CC5(c7ccc(-c8ccc(O[Si](C)(C)C(C)(C)C)cc8)cc7)Cc7cc(c(cc7C5)C3)C4)-c3ccc(cc3)OCCCCCCOc3ccc-6cc3)cc2)cc1. The van der Waals surface area contributed by atoms with E-state index in [0.717, 1.165) is 190 Å². The van der Waals surface area contributed by atoms with E-state index in [1.807, 2.05) is 0 Å². The number of aliphatic imine (C=N–C) groups is 2. The maximum Gasteiger partial charge on any atom is 0.250 e. The fourth-order valence-electron chi connectivity index (χ4n) is 15.5. The molecule has 11 aromatic rings. The highest BCUT2D eigenvalue weighted by molar-refractivity contribution is 6.75. The molecule has 0 radical (unpaired) electrons. The predicted octanol–water partition coefficient (Wildman–Crippen LogP) is 26.0. The summed E-state index contributed by atoms with van der Waals surface area (Å²) in [6, 6.07) is 89.1. The van der Waals surface area contributed by atoms with E-state index < -0.39 is 27.5 Å². The van der Waals surface area contributed by atoms with Crippen molar-refractivity contribution in [3.05, 3.63) is 276 Å². The number of hydrogen-bond acceptors (Lipinski definition) is 8. The maximum atomic E-state index is 6.76. The van der Waals surface area contributed by atoms with Gasteiger partial charge in [-0.3, -0.25) is 9.98 Å². The Morgan fingerprint density at radius 1 is 0.296 bits per heavy atom. The summed E-state index contributed by atoms with van der Waals surface area (Å²) in [5.74, 6) is 5.29. The minimum atomic E-state index is -2.03. The molecule has 550 valence electrons. The van der Waals surface area contributed by atoms with Crippen LogP contribution < -0.4 is 27.8 Å². The van der Waals surface area contributed by atoms with E-state index in [-0.39, 0.29) is 10.1 Å². The Labute approximate surface area is 643 Å². The second-order valence-corrected chi connectivity index (χ2v) is 43.0. The van der Waals surface area contributed by atoms with Gasteiger partial charge in [-0.15, -0.1) is 0 Å². The number of fused-ring (bicyclic) bond motifs is 2. The molecule has 2 aliphatic carbocycles. The lowest BCUT2D eigenvalue weighted by Gasteiger charge is -2.36. The first-order valence-corrected chi connectivity index (χ1v) is 45.2. The van der Waals surface area contributed by atoms with Gasteiger partial charge < -0.3 is 27.8 Å². The van der Waals surface area contributed by atoms with Crippen LogP contribution in [0.5, 0.6) is 34.5 Å². The van der Waals surface area contributed by atoms with Crippen LogP contribution in [0.15, 0.2) is 253 Å². The van der Waals surface area contributed by atoms with Gasteiger partial charge in [0.25, 0.3) is 0 Å². The Kier molecular flexibility index (Phi) is 21.0. The summed E-state index contributed by atoms with van der Waals surface area (Å²) in [4.78, 5) is 11.8. The molecule has 108 heavy (non-hydrogen) atoms. The molecule has 8 nitrogen and oxygen atoms in total. The molecule has 0 atom stereocenters. The Balaban J connectivity index is 0.873. The van der Waals surface area contributed by atoms with Crippen molar-refractivity contribution in [3.63, 3.8) is 0 Å². The molecule has 0 fully saturated rings. The van der Waals surface area contributed by atoms with Gasteiger partial charge >= 0.3 is 0 Å². The molecule has 10 heterocycles. The van der Waals surface area contributed by atoms with Crippen molar-refractivity contribution < 1.29 is 27.8 Å². The van der Waals surface area contributed by atoms with Crippen LogP contribution in [-0.2, 0) is 36.5 Å². The Morgan fingerprint density at radius 2 is 0.537 bits per heavy atom. The van der Waals surface area contributed by atoms with Gasteiger partial charge in [0.15, 0.2) is 0 Å². The molecule has 11 aromatic carbocycles. The van der Waals surface area contributed by atoms with Gasteiger partial charge in [-0.25, -0.2) is 0 Å². The van der Waals surface area contributed by atoms with Crippen LogP contribution in [0.1, 0.15) is 126 Å². The van der Waals surface area contributed by atoms with Crippen LogP contribution in [0.3, 0.4) is 0 Å². The third-order valence-corrected chi connectivity index (χ3v) is 32.7. The summed E-state index contributed by atoms with van der Waals surface area (Å²) in [5, 5.41) is 0.186. The van der Waals surface area contributed by atoms with Crippen molar-refractivity contribution in [1.29, 1.82) is 0 Å². The molecule has 10 heteroatoms. The minimum Gasteiger partial charge on any atom is -0.544 e. The van der Waals surface area contributed by atoms with Crippen LogP contribution in [0.4, 0.5) is 11.4 Å². The summed E-state index contributed by atoms with van der Waals surface area (Å²) >= 11 is 0. The van der Waals surface area contributed by atoms with Crippen molar-refractivity contribution in [2.75, 3.05) is 26.4 Å². The van der Waals surface area contributed by atoms with E-state index >= 15 is 0 Å². The van der Waals surface area contributed by atoms with Gasteiger partial charge in [0.2, 0.25) is 16.6 Å². The third-order valence-electron chi connectivity index (χ3n) is 24.0. The Hall–Kier alpha value is -10.0. The topological polar surface area (TPSA) is 80.1 Å². The molecule has 0 N–H and O–H groups in total. The first-order valence-electron chi connectivity index (χ1n) is 39.4. The molecular weight excluding hydrogens is 1360 g/mol. The van der Waals surface area contributed by atoms with E-state index in [0.29, 0.717) is 26.4 Å². The number of benzene rings is 11. The zero-order valence-corrected chi connectivity index (χ0v) is 66.9. The predicted molar refractivity (Wildman–Crippen MR) is 454 cm³/mol. The largest absolute Gasteiger partial charge is 0.544 e. The monoisotopic (exact) mass is 1460 g/mol. The number of para-hydroxylation sites is 2. The Morgan fingerprint density at radius 3 is 0.787 bits per heavy atom. The van der Waals surface area contributed by atoms with Gasteiger partial charge in [0, 0.05) is 45.5 Å². The van der Waals surface area contributed by atoms with E-state index in [1.54, 1.807) is 0 Å². The van der Waals surface area contributed by atoms with E-state index in [1.165, 1.54) is 33.4 Å². The fraction of sp³-hybridized carbons (Fsp3) is 0.306. The average Bonchev–Trinajstić information content (AvgIpc) is 1.57. The first kappa shape index (κ1) is 73.5. The minimum absolute atomic E-state index is 0.0929. The number of nitrogens with zero attached hydrogens (tertiary/aromatic N) is 2. The van der Waals surface area contributed by atoms with Gasteiger partial charge in [0.1, 0.15) is 34.5 Å². The summed E-state index contributed by atoms with van der Waals surface area (Å²) in [6.07, 6.45) is 15.7. The summed E-state index contributed by atoms with van der Waals surface area (Å²) in [7, 11) is -4.06. The molecule has 0 aromatic heterocycles. The standard InChI is InChI=1S/C98H104N2O6Si2/c1-95(2,3)107(7,8)105-87-53-29-71(30-54-87)69-25-41-81(42-26-69)97-63-77-61-79-65-98(66-80(79)62-78(77)64-97,82-43-27-70(28-44-82)72-31-55-88(56-32-72)106-108(9,10)96(4,5)6)68-100-94-91-23-20-24-92(94)76-39-51-86(52-40-76)104-60-18-14-12-16-58-102-84-47-35-74(36-48-84)90-22-19-21-89(93(90)99-67-97)73-33-45-83(46-34-73)101-57-15-11-13-17-59-103-85-49-37-75(91)38-50-85/h19-56,61-62,67-68H,11-18,57-60,63-66H2,1-10H3. The highest BCUT2D eigenvalue weighted by Gasteiger charge is 2.44. The zero-order chi connectivity index (χ0) is 74.7. The lowest BCUT2D eigenvalue weighted by atomic mass is 9.77. The second-order valence-electron chi connectivity index (χ2n) is 33.6. The van der Waals surface area contributed by atoms with E-state index in [4.69, 9.17) is 37.8 Å². The number of ether oxygens (including phenoxy) is 4. The molecule has 0 saturated carbocycles. The molecule has 0 unspecified atom stereocenters.